The van der Waals surface area contributed by atoms with Crippen LogP contribution in [0.5, 0.6) is 0 Å². The number of ether oxygens (including phenoxy) is 2. The lowest BCUT2D eigenvalue weighted by atomic mass is 9.27. The Morgan fingerprint density at radius 3 is 2.57 bits per heavy atom. The molecule has 0 unspecified atom stereocenters. The summed E-state index contributed by atoms with van der Waals surface area (Å²) in [5, 5.41) is 13.9. The van der Waals surface area contributed by atoms with E-state index in [9.17, 15) is 5.11 Å². The highest BCUT2D eigenvalue weighted by Crippen LogP contribution is 2.88. The van der Waals surface area contributed by atoms with E-state index in [-0.39, 0.29) is 41.7 Å². The fourth-order valence-corrected chi connectivity index (χ4v) is 21.0. The molecule has 0 aromatic heterocycles. The summed E-state index contributed by atoms with van der Waals surface area (Å²) in [5.41, 5.74) is 12.0. The van der Waals surface area contributed by atoms with E-state index in [1.807, 2.05) is 0 Å². The molecule has 3 N–H and O–H groups in total. The average molecular weight is 906 g/mol. The van der Waals surface area contributed by atoms with Crippen LogP contribution in [0.2, 0.25) is 0 Å². The van der Waals surface area contributed by atoms with Crippen molar-refractivity contribution in [3.05, 3.63) is 81.0 Å². The zero-order chi connectivity index (χ0) is 44.7. The fourth-order valence-electron chi connectivity index (χ4n) is 21.0. The molecule has 8 heteroatoms. The highest BCUT2D eigenvalue weighted by molar-refractivity contribution is 6.00. The first-order valence-corrected chi connectivity index (χ1v) is 28.2. The molecular formula is C59H75N3O5. The zero-order valence-corrected chi connectivity index (χ0v) is 40.2. The molecule has 0 amide bonds. The van der Waals surface area contributed by atoms with Gasteiger partial charge in [-0.25, -0.2) is 4.79 Å². The Morgan fingerprint density at radius 1 is 0.881 bits per heavy atom. The third-order valence-corrected chi connectivity index (χ3v) is 23.2. The second kappa shape index (κ2) is 14.6. The standard InChI is InChI=1S/C59H75N3O5/c1-32-25-38-18-20-46-39-27-40-31-62(46)52(38)50-42-22-23-57-54(53(63)41-19-21-45(40)61(30-39)47(41)26-33-9-3-2-4-10-33)66-56(65)58(57)48(59(57)44-15-7-13-35(14-8-24-60)49(44)55(64)67-59)29-36(34-11-5-6-12-34)16-17-37(51(42)58)28-43(32)50/h7,13,15-17,32-34,36-37,39-41,43,45-48,50,63H,2-6,8-12,14,18-31,60H2,1H3/b17-16-,54-53-/t32-,36-,37-,39-,40-,41+,43+,45+,46+,47+,48+,50+,57-,58-,59-/m1/s1. The number of fused-ring (bicyclic) bond motifs is 8. The van der Waals surface area contributed by atoms with Crippen LogP contribution in [0.25, 0.3) is 0 Å². The molecule has 3 saturated carbocycles. The first-order valence-electron chi connectivity index (χ1n) is 28.2. The molecule has 7 bridgehead atoms. The van der Waals surface area contributed by atoms with Crippen molar-refractivity contribution in [2.45, 2.75) is 172 Å². The van der Waals surface area contributed by atoms with Crippen molar-refractivity contribution >= 4 is 11.9 Å². The van der Waals surface area contributed by atoms with Crippen molar-refractivity contribution < 1.29 is 24.2 Å². The summed E-state index contributed by atoms with van der Waals surface area (Å²) in [5.74, 6) is 4.31. The van der Waals surface area contributed by atoms with Crippen molar-refractivity contribution in [1.29, 1.82) is 0 Å². The van der Waals surface area contributed by atoms with Crippen molar-refractivity contribution in [2.24, 2.45) is 81.7 Å². The lowest BCUT2D eigenvalue weighted by Crippen LogP contribution is -2.78. The molecule has 0 radical (unpaired) electrons. The van der Waals surface area contributed by atoms with Gasteiger partial charge >= 0.3 is 11.9 Å². The molecule has 7 fully saturated rings. The maximum atomic E-state index is 16.5. The molecule has 7 aliphatic heterocycles. The van der Waals surface area contributed by atoms with Crippen LogP contribution in [0.3, 0.4) is 0 Å². The molecule has 3 spiro atoms. The van der Waals surface area contributed by atoms with Gasteiger partial charge in [-0.2, -0.15) is 0 Å². The normalized spacial score (nSPS) is 47.3. The summed E-state index contributed by atoms with van der Waals surface area (Å²) in [6.45, 7) is 5.41. The van der Waals surface area contributed by atoms with Gasteiger partial charge in [-0.15, -0.1) is 0 Å². The summed E-state index contributed by atoms with van der Waals surface area (Å²) in [7, 11) is 0. The van der Waals surface area contributed by atoms with E-state index in [0.717, 1.165) is 62.6 Å². The van der Waals surface area contributed by atoms with E-state index in [4.69, 9.17) is 15.2 Å². The Hall–Kier alpha value is -3.36. The minimum atomic E-state index is -1.12. The minimum Gasteiger partial charge on any atom is -0.508 e. The number of nitrogens with zero attached hydrogens (tertiary/aromatic N) is 2. The average Bonchev–Trinajstić information content (AvgIpc) is 4.05. The van der Waals surface area contributed by atoms with Gasteiger partial charge in [0.15, 0.2) is 11.4 Å². The maximum Gasteiger partial charge on any atom is 0.339 e. The lowest BCUT2D eigenvalue weighted by molar-refractivity contribution is -0.282. The van der Waals surface area contributed by atoms with Gasteiger partial charge < -0.3 is 25.2 Å². The minimum absolute atomic E-state index is 0.115. The molecule has 4 saturated heterocycles. The highest BCUT2D eigenvalue weighted by atomic mass is 16.6. The van der Waals surface area contributed by atoms with Crippen molar-refractivity contribution in [2.75, 3.05) is 19.6 Å². The summed E-state index contributed by atoms with van der Waals surface area (Å²) >= 11 is 0. The molecule has 14 aliphatic rings. The van der Waals surface area contributed by atoms with E-state index < -0.39 is 16.4 Å². The Kier molecular flexibility index (Phi) is 9.03. The van der Waals surface area contributed by atoms with Crippen LogP contribution in [0.15, 0.2) is 64.3 Å². The zero-order valence-electron chi connectivity index (χ0n) is 40.2. The predicted molar refractivity (Wildman–Crippen MR) is 256 cm³/mol. The Balaban J connectivity index is 1.03. The third-order valence-electron chi connectivity index (χ3n) is 23.2. The first kappa shape index (κ1) is 41.4. The van der Waals surface area contributed by atoms with Crippen molar-refractivity contribution in [3.63, 3.8) is 0 Å². The van der Waals surface area contributed by atoms with E-state index in [1.165, 1.54) is 95.6 Å². The number of hydrogen-bond acceptors (Lipinski definition) is 8. The summed E-state index contributed by atoms with van der Waals surface area (Å²) in [6.07, 6.45) is 29.6. The Bertz CT molecular complexity index is 2460. The van der Waals surface area contributed by atoms with Gasteiger partial charge in [0.2, 0.25) is 0 Å². The monoisotopic (exact) mass is 906 g/mol. The number of piperidine rings is 3. The van der Waals surface area contributed by atoms with Crippen molar-refractivity contribution in [1.82, 2.24) is 9.80 Å². The number of allylic oxidation sites excluding steroid dienone is 4. The molecule has 7 heterocycles. The van der Waals surface area contributed by atoms with E-state index in [2.05, 4.69) is 47.1 Å². The number of nitrogens with two attached hydrogens (primary N) is 1. The number of carbonyl (C=O) groups is 2. The van der Waals surface area contributed by atoms with Gasteiger partial charge in [-0.3, -0.25) is 9.69 Å². The smallest absolute Gasteiger partial charge is 0.339 e. The second-order valence-corrected chi connectivity index (χ2v) is 25.4. The molecular weight excluding hydrogens is 831 g/mol. The molecule has 67 heavy (non-hydrogen) atoms. The van der Waals surface area contributed by atoms with Crippen LogP contribution in [-0.2, 0) is 26.3 Å². The predicted octanol–water partition coefficient (Wildman–Crippen LogP) is 10.8. The largest absolute Gasteiger partial charge is 0.508 e. The van der Waals surface area contributed by atoms with Gasteiger partial charge in [-0.1, -0.05) is 93.4 Å². The molecule has 1 aromatic rings. The number of carbonyl (C=O) groups excluding carboxylic acids is 2. The number of aliphatic hydroxyl groups is 1. The SMILES string of the molecule is C[C@@H]1CC2=C3[C@H]4C5=C6[C@H](/C=C\[C@@H](C7CCCC7)C[C@H]7[C@]68C(=O)O/C(=C(\O)[C@H]6CC[C@H]9[C@@H]%10C[C@H](CN9[C@H]6CC6CCCCC6)[C@H](CC2)N3C%10)[C@@]8(CC5)[C@]72OC(=O)c3c(CCCN)cccc32)C[C@H]41. The van der Waals surface area contributed by atoms with E-state index in [0.29, 0.717) is 90.0 Å². The summed E-state index contributed by atoms with van der Waals surface area (Å²) in [4.78, 5) is 37.7. The molecule has 1 aromatic carbocycles. The lowest BCUT2D eigenvalue weighted by Gasteiger charge is -2.73. The van der Waals surface area contributed by atoms with E-state index in [1.54, 1.807) is 16.8 Å². The van der Waals surface area contributed by atoms with E-state index >= 15 is 9.59 Å². The molecule has 7 aliphatic carbocycles. The number of benzene rings is 1. The highest BCUT2D eigenvalue weighted by Gasteiger charge is 2.94. The Morgan fingerprint density at radius 2 is 1.72 bits per heavy atom. The van der Waals surface area contributed by atoms with Gasteiger partial charge in [-0.05, 0) is 161 Å². The first-order chi connectivity index (χ1) is 32.8. The second-order valence-electron chi connectivity index (χ2n) is 25.4. The quantitative estimate of drug-likeness (QED) is 0.215. The van der Waals surface area contributed by atoms with Crippen LogP contribution < -0.4 is 5.73 Å². The number of esters is 2. The summed E-state index contributed by atoms with van der Waals surface area (Å²) in [6, 6.07) is 7.73. The number of aryl methyl sites for hydroxylation is 1. The van der Waals surface area contributed by atoms with Crippen LogP contribution >= 0.6 is 0 Å². The van der Waals surface area contributed by atoms with Gasteiger partial charge in [0.25, 0.3) is 0 Å². The number of rotatable bonds is 6. The van der Waals surface area contributed by atoms with Crippen LogP contribution in [0, 0.1) is 75.9 Å². The fraction of sp³-hybridized carbons (Fsp3) is 0.729. The molecule has 8 nitrogen and oxygen atoms in total. The van der Waals surface area contributed by atoms with Gasteiger partial charge in [0.05, 0.1) is 11.0 Å². The Labute approximate surface area is 398 Å². The van der Waals surface area contributed by atoms with Crippen LogP contribution in [-0.4, -0.2) is 64.6 Å². The van der Waals surface area contributed by atoms with Gasteiger partial charge in [0.1, 0.15) is 11.2 Å². The van der Waals surface area contributed by atoms with Crippen LogP contribution in [0.1, 0.15) is 163 Å². The molecule has 356 valence electrons. The molecule has 15 rings (SSSR count). The summed E-state index contributed by atoms with van der Waals surface area (Å²) < 4.78 is 14.7. The number of aliphatic hydroxyl groups excluding tert-OH is 1. The van der Waals surface area contributed by atoms with Gasteiger partial charge in [0, 0.05) is 60.2 Å². The van der Waals surface area contributed by atoms with Crippen LogP contribution in [0.4, 0.5) is 0 Å². The molecule has 15 atom stereocenters. The topological polar surface area (TPSA) is 105 Å². The number of hydrogen-bond donors (Lipinski definition) is 2. The third kappa shape index (κ3) is 5.05. The van der Waals surface area contributed by atoms with Crippen molar-refractivity contribution in [3.8, 4) is 0 Å². The maximum absolute atomic E-state index is 16.5.